The maximum absolute atomic E-state index is 14.6. The summed E-state index contributed by atoms with van der Waals surface area (Å²) in [5.74, 6) is 0.390. The van der Waals surface area contributed by atoms with Gasteiger partial charge in [-0.05, 0) is 36.0 Å². The monoisotopic (exact) mass is 368 g/mol. The second kappa shape index (κ2) is 7.63. The number of hydrogen-bond donors (Lipinski definition) is 0. The Morgan fingerprint density at radius 2 is 1.85 bits per heavy atom. The highest BCUT2D eigenvalue weighted by Crippen LogP contribution is 2.36. The van der Waals surface area contributed by atoms with E-state index in [1.807, 2.05) is 16.7 Å². The quantitative estimate of drug-likeness (QED) is 0.523. The van der Waals surface area contributed by atoms with Crippen LogP contribution in [0.25, 0.3) is 0 Å². The van der Waals surface area contributed by atoms with Crippen LogP contribution in [0.2, 0.25) is 5.15 Å². The van der Waals surface area contributed by atoms with Crippen LogP contribution >= 0.6 is 11.6 Å². The summed E-state index contributed by atoms with van der Waals surface area (Å²) >= 11 is 6.05. The molecule has 4 rings (SSSR count). The molecular weight excluding hydrogens is 347 g/mol. The topological polar surface area (TPSA) is 17.8 Å². The smallest absolute Gasteiger partial charge is 0.147 e. The number of hydrogen-bond acceptors (Lipinski definition) is 1. The van der Waals surface area contributed by atoms with Crippen LogP contribution in [-0.2, 0) is 0 Å². The van der Waals surface area contributed by atoms with E-state index in [1.54, 1.807) is 18.6 Å². The SMILES string of the molecule is Fc1ccccc1C(c1cccc(C2CCCCC2)c1)n1cnc(Cl)c1. The fourth-order valence-corrected chi connectivity index (χ4v) is 4.24. The molecular formula is C22H22ClFN2. The van der Waals surface area contributed by atoms with Crippen LogP contribution in [0.4, 0.5) is 4.39 Å². The molecule has 1 heterocycles. The molecule has 1 unspecified atom stereocenters. The van der Waals surface area contributed by atoms with E-state index in [0.717, 1.165) is 5.56 Å². The van der Waals surface area contributed by atoms with Crippen LogP contribution < -0.4 is 0 Å². The molecule has 0 saturated heterocycles. The molecule has 1 aliphatic carbocycles. The normalized spacial score (nSPS) is 16.5. The van der Waals surface area contributed by atoms with Gasteiger partial charge >= 0.3 is 0 Å². The zero-order chi connectivity index (χ0) is 17.9. The molecule has 0 spiro atoms. The lowest BCUT2D eigenvalue weighted by Gasteiger charge is -2.25. The Balaban J connectivity index is 1.78. The molecule has 26 heavy (non-hydrogen) atoms. The maximum atomic E-state index is 14.6. The van der Waals surface area contributed by atoms with Crippen molar-refractivity contribution in [1.29, 1.82) is 0 Å². The lowest BCUT2D eigenvalue weighted by molar-refractivity contribution is 0.443. The molecule has 134 valence electrons. The molecule has 1 aromatic heterocycles. The number of aromatic nitrogens is 2. The van der Waals surface area contributed by atoms with Gasteiger partial charge in [-0.25, -0.2) is 9.37 Å². The fourth-order valence-electron chi connectivity index (χ4n) is 4.08. The van der Waals surface area contributed by atoms with Gasteiger partial charge in [0.1, 0.15) is 11.0 Å². The number of benzene rings is 2. The fraction of sp³-hybridized carbons (Fsp3) is 0.318. The Hall–Kier alpha value is -2.13. The van der Waals surface area contributed by atoms with E-state index in [1.165, 1.54) is 43.7 Å². The molecule has 1 atom stereocenters. The molecule has 0 aliphatic heterocycles. The van der Waals surface area contributed by atoms with Crippen LogP contribution in [0.1, 0.15) is 60.8 Å². The van der Waals surface area contributed by atoms with Crippen LogP contribution in [0.5, 0.6) is 0 Å². The highest BCUT2D eigenvalue weighted by atomic mass is 35.5. The summed E-state index contributed by atoms with van der Waals surface area (Å²) in [7, 11) is 0. The molecule has 0 bridgehead atoms. The van der Waals surface area contributed by atoms with E-state index in [2.05, 4.69) is 29.2 Å². The van der Waals surface area contributed by atoms with Gasteiger partial charge in [0.2, 0.25) is 0 Å². The second-order valence-electron chi connectivity index (χ2n) is 7.07. The van der Waals surface area contributed by atoms with Gasteiger partial charge in [0.25, 0.3) is 0 Å². The number of halogens is 2. The van der Waals surface area contributed by atoms with Crippen LogP contribution in [0.3, 0.4) is 0 Å². The minimum absolute atomic E-state index is 0.217. The molecule has 2 aromatic carbocycles. The standard InChI is InChI=1S/C22H22ClFN2/c23-21-14-26(15-25-21)22(19-11-4-5-12-20(19)24)18-10-6-9-17(13-18)16-7-2-1-3-8-16/h4-6,9-16,22H,1-3,7-8H2. The average molecular weight is 369 g/mol. The van der Waals surface area contributed by atoms with E-state index in [9.17, 15) is 4.39 Å². The molecule has 1 fully saturated rings. The van der Waals surface area contributed by atoms with Gasteiger partial charge in [0.05, 0.1) is 12.4 Å². The van der Waals surface area contributed by atoms with Gasteiger partial charge in [-0.2, -0.15) is 0 Å². The van der Waals surface area contributed by atoms with Gasteiger partial charge in [0.15, 0.2) is 0 Å². The summed E-state index contributed by atoms with van der Waals surface area (Å²) in [6, 6.07) is 15.2. The van der Waals surface area contributed by atoms with Crippen molar-refractivity contribution in [3.63, 3.8) is 0 Å². The van der Waals surface area contributed by atoms with E-state index in [0.29, 0.717) is 16.6 Å². The Morgan fingerprint density at radius 1 is 1.04 bits per heavy atom. The molecule has 0 amide bonds. The van der Waals surface area contributed by atoms with E-state index in [-0.39, 0.29) is 11.9 Å². The summed E-state index contributed by atoms with van der Waals surface area (Å²) in [6.07, 6.45) is 9.83. The number of rotatable bonds is 4. The van der Waals surface area contributed by atoms with Crippen molar-refractivity contribution in [2.45, 2.75) is 44.1 Å². The minimum Gasteiger partial charge on any atom is -0.324 e. The van der Waals surface area contributed by atoms with Crippen molar-refractivity contribution < 1.29 is 4.39 Å². The highest BCUT2D eigenvalue weighted by molar-refractivity contribution is 6.29. The lowest BCUT2D eigenvalue weighted by Crippen LogP contribution is -2.13. The van der Waals surface area contributed by atoms with Gasteiger partial charge in [0, 0.05) is 11.8 Å². The predicted molar refractivity (Wildman–Crippen MR) is 103 cm³/mol. The molecule has 4 heteroatoms. The summed E-state index contributed by atoms with van der Waals surface area (Å²) in [5.41, 5.74) is 3.05. The molecule has 2 nitrogen and oxygen atoms in total. The van der Waals surface area contributed by atoms with E-state index >= 15 is 0 Å². The predicted octanol–water partition coefficient (Wildman–Crippen LogP) is 6.36. The first-order chi connectivity index (χ1) is 12.7. The molecule has 0 radical (unpaired) electrons. The van der Waals surface area contributed by atoms with Gasteiger partial charge in [-0.15, -0.1) is 0 Å². The Bertz CT molecular complexity index is 883. The van der Waals surface area contributed by atoms with Gasteiger partial charge in [-0.1, -0.05) is 73.3 Å². The largest absolute Gasteiger partial charge is 0.324 e. The summed E-state index contributed by atoms with van der Waals surface area (Å²) < 4.78 is 16.5. The van der Waals surface area contributed by atoms with Crippen LogP contribution in [0.15, 0.2) is 61.1 Å². The van der Waals surface area contributed by atoms with Crippen molar-refractivity contribution in [2.24, 2.45) is 0 Å². The first kappa shape index (κ1) is 17.3. The zero-order valence-electron chi connectivity index (χ0n) is 14.6. The molecule has 3 aromatic rings. The Kier molecular flexibility index (Phi) is 5.07. The number of imidazole rings is 1. The molecule has 1 saturated carbocycles. The third-order valence-corrected chi connectivity index (χ3v) is 5.57. The van der Waals surface area contributed by atoms with E-state index in [4.69, 9.17) is 11.6 Å². The van der Waals surface area contributed by atoms with Crippen LogP contribution in [-0.4, -0.2) is 9.55 Å². The summed E-state index contributed by atoms with van der Waals surface area (Å²) in [5, 5.41) is 0.412. The van der Waals surface area contributed by atoms with Crippen molar-refractivity contribution in [3.8, 4) is 0 Å². The van der Waals surface area contributed by atoms with Crippen molar-refractivity contribution in [1.82, 2.24) is 9.55 Å². The molecule has 0 N–H and O–H groups in total. The van der Waals surface area contributed by atoms with Gasteiger partial charge < -0.3 is 4.57 Å². The minimum atomic E-state index is -0.278. The summed E-state index contributed by atoms with van der Waals surface area (Å²) in [6.45, 7) is 0. The third-order valence-electron chi connectivity index (χ3n) is 5.37. The van der Waals surface area contributed by atoms with Gasteiger partial charge in [-0.3, -0.25) is 0 Å². The number of nitrogens with zero attached hydrogens (tertiary/aromatic N) is 2. The highest BCUT2D eigenvalue weighted by Gasteiger charge is 2.22. The first-order valence-corrected chi connectivity index (χ1v) is 9.63. The van der Waals surface area contributed by atoms with Crippen molar-refractivity contribution in [2.75, 3.05) is 0 Å². The Labute approximate surface area is 158 Å². The average Bonchev–Trinajstić information content (AvgIpc) is 3.10. The summed E-state index contributed by atoms with van der Waals surface area (Å²) in [4.78, 5) is 4.14. The first-order valence-electron chi connectivity index (χ1n) is 9.25. The maximum Gasteiger partial charge on any atom is 0.147 e. The van der Waals surface area contributed by atoms with Crippen LogP contribution in [0, 0.1) is 5.82 Å². The third kappa shape index (κ3) is 3.54. The van der Waals surface area contributed by atoms with E-state index < -0.39 is 0 Å². The second-order valence-corrected chi connectivity index (χ2v) is 7.46. The molecule has 1 aliphatic rings. The lowest BCUT2D eigenvalue weighted by atomic mass is 9.83. The van der Waals surface area contributed by atoms with Crippen molar-refractivity contribution >= 4 is 11.6 Å². The van der Waals surface area contributed by atoms with Crippen molar-refractivity contribution in [3.05, 3.63) is 88.7 Å². The zero-order valence-corrected chi connectivity index (χ0v) is 15.4. The Morgan fingerprint density at radius 3 is 2.58 bits per heavy atom.